The van der Waals surface area contributed by atoms with Gasteiger partial charge in [-0.2, -0.15) is 0 Å². The number of nitrogens with one attached hydrogen (secondary N) is 1. The molecule has 0 spiro atoms. The van der Waals surface area contributed by atoms with E-state index in [1.54, 1.807) is 0 Å². The lowest BCUT2D eigenvalue weighted by Gasteiger charge is -2.24. The Morgan fingerprint density at radius 3 is 2.54 bits per heavy atom. The number of thioether (sulfide) groups is 1. The smallest absolute Gasteiger partial charge is 0.244 e. The Morgan fingerprint density at radius 1 is 1.14 bits per heavy atom. The van der Waals surface area contributed by atoms with Crippen LogP contribution in [0.1, 0.15) is 0 Å². The van der Waals surface area contributed by atoms with Crippen molar-refractivity contribution in [1.82, 2.24) is 0 Å². The SMILES string of the molecule is O=C(CN(C1=N[C@H]2CS(=O)(=O)C[C@H]2S1)c1ccccc1)Nc1ccc(Br)cc1. The highest BCUT2D eigenvalue weighted by atomic mass is 79.9. The molecular formula is C19H18BrN3O3S2. The summed E-state index contributed by atoms with van der Waals surface area (Å²) in [6.07, 6.45) is 0. The maximum absolute atomic E-state index is 12.7. The molecule has 1 amide bonds. The van der Waals surface area contributed by atoms with Crippen LogP contribution in [0.15, 0.2) is 64.1 Å². The molecule has 1 saturated heterocycles. The van der Waals surface area contributed by atoms with E-state index >= 15 is 0 Å². The first-order chi connectivity index (χ1) is 13.4. The highest BCUT2D eigenvalue weighted by molar-refractivity contribution is 9.10. The molecule has 0 radical (unpaired) electrons. The number of hydrogen-bond donors (Lipinski definition) is 1. The molecule has 0 bridgehead atoms. The number of para-hydroxylation sites is 1. The van der Waals surface area contributed by atoms with Crippen LogP contribution in [0, 0.1) is 0 Å². The summed E-state index contributed by atoms with van der Waals surface area (Å²) in [7, 11) is -3.02. The summed E-state index contributed by atoms with van der Waals surface area (Å²) in [6.45, 7) is 0.0953. The lowest BCUT2D eigenvalue weighted by atomic mass is 10.2. The van der Waals surface area contributed by atoms with Gasteiger partial charge in [0.05, 0.1) is 17.5 Å². The topological polar surface area (TPSA) is 78.8 Å². The molecule has 9 heteroatoms. The highest BCUT2D eigenvalue weighted by Gasteiger charge is 2.44. The second-order valence-corrected chi connectivity index (χ2v) is 11.0. The highest BCUT2D eigenvalue weighted by Crippen LogP contribution is 2.36. The fraction of sp³-hybridized carbons (Fsp3) is 0.263. The van der Waals surface area contributed by atoms with Gasteiger partial charge in [-0.1, -0.05) is 45.9 Å². The van der Waals surface area contributed by atoms with E-state index < -0.39 is 9.84 Å². The van der Waals surface area contributed by atoms with E-state index in [-0.39, 0.29) is 35.2 Å². The Labute approximate surface area is 176 Å². The van der Waals surface area contributed by atoms with E-state index in [1.165, 1.54) is 11.8 Å². The first kappa shape index (κ1) is 19.5. The third-order valence-electron chi connectivity index (χ3n) is 4.53. The molecule has 4 rings (SSSR count). The zero-order valence-electron chi connectivity index (χ0n) is 14.8. The zero-order valence-corrected chi connectivity index (χ0v) is 18.0. The molecule has 28 heavy (non-hydrogen) atoms. The maximum Gasteiger partial charge on any atom is 0.244 e. The molecule has 0 aromatic heterocycles. The zero-order chi connectivity index (χ0) is 19.7. The molecule has 2 aromatic carbocycles. The summed E-state index contributed by atoms with van der Waals surface area (Å²) < 4.78 is 24.6. The predicted molar refractivity (Wildman–Crippen MR) is 118 cm³/mol. The largest absolute Gasteiger partial charge is 0.325 e. The molecule has 2 aromatic rings. The molecule has 146 valence electrons. The van der Waals surface area contributed by atoms with Crippen LogP contribution >= 0.6 is 27.7 Å². The van der Waals surface area contributed by atoms with Crippen LogP contribution in [0.3, 0.4) is 0 Å². The van der Waals surface area contributed by atoms with E-state index in [4.69, 9.17) is 0 Å². The molecule has 6 nitrogen and oxygen atoms in total. The lowest BCUT2D eigenvalue weighted by molar-refractivity contribution is -0.114. The van der Waals surface area contributed by atoms with Gasteiger partial charge in [-0.05, 0) is 36.4 Å². The van der Waals surface area contributed by atoms with Crippen molar-refractivity contribution in [2.24, 2.45) is 4.99 Å². The van der Waals surface area contributed by atoms with Gasteiger partial charge < -0.3 is 10.2 Å². The minimum absolute atomic E-state index is 0.0688. The van der Waals surface area contributed by atoms with Crippen LogP contribution in [0.25, 0.3) is 0 Å². The van der Waals surface area contributed by atoms with Crippen molar-refractivity contribution < 1.29 is 13.2 Å². The number of fused-ring (bicyclic) bond motifs is 1. The fourth-order valence-electron chi connectivity index (χ4n) is 3.23. The van der Waals surface area contributed by atoms with Crippen molar-refractivity contribution in [1.29, 1.82) is 0 Å². The van der Waals surface area contributed by atoms with E-state index in [0.717, 1.165) is 10.2 Å². The first-order valence-electron chi connectivity index (χ1n) is 8.72. The van der Waals surface area contributed by atoms with Gasteiger partial charge in [0.2, 0.25) is 5.91 Å². The minimum Gasteiger partial charge on any atom is -0.325 e. The standard InChI is InChI=1S/C19H18BrN3O3S2/c20-13-6-8-14(9-7-13)21-18(24)10-23(15-4-2-1-3-5-15)19-22-16-11-28(25,26)12-17(16)27-19/h1-9,16-17H,10-12H2,(H,21,24)/t16-,17+/m0/s1. The number of rotatable bonds is 4. The number of amides is 1. The number of nitrogens with zero attached hydrogens (tertiary/aromatic N) is 2. The van der Waals surface area contributed by atoms with Crippen LogP contribution in [0.5, 0.6) is 0 Å². The number of aliphatic imine (C=N–C) groups is 1. The van der Waals surface area contributed by atoms with E-state index in [9.17, 15) is 13.2 Å². The quantitative estimate of drug-likeness (QED) is 0.728. The van der Waals surface area contributed by atoms with Gasteiger partial charge in [0.1, 0.15) is 6.54 Å². The average Bonchev–Trinajstić information content (AvgIpc) is 3.16. The normalized spacial score (nSPS) is 22.4. The van der Waals surface area contributed by atoms with Gasteiger partial charge in [0.25, 0.3) is 0 Å². The van der Waals surface area contributed by atoms with Crippen molar-refractivity contribution in [2.75, 3.05) is 28.3 Å². The van der Waals surface area contributed by atoms with Gasteiger partial charge >= 0.3 is 0 Å². The Balaban J connectivity index is 1.54. The lowest BCUT2D eigenvalue weighted by Crippen LogP contribution is -2.36. The van der Waals surface area contributed by atoms with Gasteiger partial charge in [-0.15, -0.1) is 0 Å². The second kappa shape index (κ2) is 7.88. The monoisotopic (exact) mass is 479 g/mol. The molecule has 1 fully saturated rings. The fourth-order valence-corrected chi connectivity index (χ4v) is 7.27. The summed E-state index contributed by atoms with van der Waals surface area (Å²) in [5.74, 6) is 0.0597. The Bertz CT molecular complexity index is 1010. The van der Waals surface area contributed by atoms with E-state index in [0.29, 0.717) is 10.9 Å². The Morgan fingerprint density at radius 2 is 1.86 bits per heavy atom. The minimum atomic E-state index is -3.02. The molecule has 0 aliphatic carbocycles. The Kier molecular flexibility index (Phi) is 5.48. The van der Waals surface area contributed by atoms with E-state index in [2.05, 4.69) is 26.2 Å². The van der Waals surface area contributed by atoms with Crippen LogP contribution in [-0.2, 0) is 14.6 Å². The van der Waals surface area contributed by atoms with E-state index in [1.807, 2.05) is 59.5 Å². The molecule has 1 N–H and O–H groups in total. The van der Waals surface area contributed by atoms with Crippen molar-refractivity contribution in [3.63, 3.8) is 0 Å². The van der Waals surface area contributed by atoms with Crippen molar-refractivity contribution >= 4 is 60.0 Å². The van der Waals surface area contributed by atoms with Crippen LogP contribution in [0.4, 0.5) is 11.4 Å². The molecule has 2 aliphatic rings. The third kappa shape index (κ3) is 4.42. The van der Waals surface area contributed by atoms with Gasteiger partial charge in [0, 0.05) is 21.1 Å². The number of halogens is 1. The molecule has 0 unspecified atom stereocenters. The third-order valence-corrected chi connectivity index (χ3v) is 8.31. The Hall–Kier alpha value is -1.84. The number of anilines is 2. The predicted octanol–water partition coefficient (Wildman–Crippen LogP) is 3.16. The molecule has 2 atom stereocenters. The van der Waals surface area contributed by atoms with Crippen LogP contribution < -0.4 is 10.2 Å². The number of amidine groups is 1. The number of carbonyl (C=O) groups excluding carboxylic acids is 1. The molecule has 2 heterocycles. The summed E-state index contributed by atoms with van der Waals surface area (Å²) in [5.41, 5.74) is 1.56. The summed E-state index contributed by atoms with van der Waals surface area (Å²) >= 11 is 4.82. The molecule has 2 aliphatic heterocycles. The number of benzene rings is 2. The summed E-state index contributed by atoms with van der Waals surface area (Å²) in [6, 6.07) is 16.7. The molecule has 0 saturated carbocycles. The maximum atomic E-state index is 12.7. The van der Waals surface area contributed by atoms with Gasteiger partial charge in [-0.25, -0.2) is 8.42 Å². The van der Waals surface area contributed by atoms with Gasteiger partial charge in [0.15, 0.2) is 15.0 Å². The van der Waals surface area contributed by atoms with Crippen molar-refractivity contribution in [2.45, 2.75) is 11.3 Å². The average molecular weight is 480 g/mol. The molecular weight excluding hydrogens is 462 g/mol. The van der Waals surface area contributed by atoms with Crippen molar-refractivity contribution in [3.8, 4) is 0 Å². The van der Waals surface area contributed by atoms with Crippen LogP contribution in [0.2, 0.25) is 0 Å². The van der Waals surface area contributed by atoms with Crippen molar-refractivity contribution in [3.05, 3.63) is 59.1 Å². The number of sulfone groups is 1. The number of carbonyl (C=O) groups is 1. The van der Waals surface area contributed by atoms with Gasteiger partial charge in [-0.3, -0.25) is 9.79 Å². The summed E-state index contributed by atoms with van der Waals surface area (Å²) in [5, 5.41) is 3.52. The first-order valence-corrected chi connectivity index (χ1v) is 12.2. The number of hydrogen-bond acceptors (Lipinski definition) is 6. The van der Waals surface area contributed by atoms with Crippen LogP contribution in [-0.4, -0.2) is 48.8 Å². The summed E-state index contributed by atoms with van der Waals surface area (Å²) in [4.78, 5) is 19.1. The second-order valence-electron chi connectivity index (χ2n) is 6.69.